The lowest BCUT2D eigenvalue weighted by atomic mass is 10.1. The maximum atomic E-state index is 12.9. The number of carbonyl (C=O) groups is 1. The van der Waals surface area contributed by atoms with Gasteiger partial charge in [-0.1, -0.05) is 23.7 Å². The van der Waals surface area contributed by atoms with Crippen LogP contribution in [-0.4, -0.2) is 25.7 Å². The smallest absolute Gasteiger partial charge is 0.252 e. The van der Waals surface area contributed by atoms with Gasteiger partial charge in [-0.3, -0.25) is 14.5 Å². The third-order valence-corrected chi connectivity index (χ3v) is 4.53. The fraction of sp³-hybridized carbons (Fsp3) is 0.100. The Hall–Kier alpha value is -3.25. The number of nitrogens with one attached hydrogen (secondary N) is 1. The molecule has 7 heteroatoms. The first kappa shape index (κ1) is 17.2. The van der Waals surface area contributed by atoms with E-state index in [0.29, 0.717) is 33.9 Å². The predicted molar refractivity (Wildman–Crippen MR) is 104 cm³/mol. The molecule has 134 valence electrons. The predicted octanol–water partition coefficient (Wildman–Crippen LogP) is 3.61. The topological polar surface area (TPSA) is 72.7 Å². The van der Waals surface area contributed by atoms with E-state index in [1.54, 1.807) is 48.5 Å². The van der Waals surface area contributed by atoms with Crippen molar-refractivity contribution in [2.45, 2.75) is 6.54 Å². The van der Waals surface area contributed by atoms with Crippen molar-refractivity contribution < 1.29 is 4.79 Å². The standard InChI is InChI=1S/C20H16ClN5O/c1-26-19-17(12-24-26)16(9-18(25-19)14-3-2-8-22-11-14)20(27)23-10-13-4-6-15(21)7-5-13/h2-9,11-12H,10H2,1H3,(H,23,27). The zero-order chi connectivity index (χ0) is 18.8. The second-order valence-electron chi connectivity index (χ2n) is 6.11. The lowest BCUT2D eigenvalue weighted by molar-refractivity contribution is 0.0952. The van der Waals surface area contributed by atoms with Crippen LogP contribution in [0.4, 0.5) is 0 Å². The zero-order valence-corrected chi connectivity index (χ0v) is 15.3. The number of benzene rings is 1. The van der Waals surface area contributed by atoms with Crippen LogP contribution < -0.4 is 5.32 Å². The molecule has 0 bridgehead atoms. The summed E-state index contributed by atoms with van der Waals surface area (Å²) in [7, 11) is 1.80. The van der Waals surface area contributed by atoms with E-state index in [2.05, 4.69) is 20.4 Å². The van der Waals surface area contributed by atoms with Gasteiger partial charge >= 0.3 is 0 Å². The highest BCUT2D eigenvalue weighted by atomic mass is 35.5. The summed E-state index contributed by atoms with van der Waals surface area (Å²) in [6.45, 7) is 0.405. The summed E-state index contributed by atoms with van der Waals surface area (Å²) in [5.74, 6) is -0.185. The van der Waals surface area contributed by atoms with Crippen LogP contribution in [0.5, 0.6) is 0 Å². The number of amides is 1. The van der Waals surface area contributed by atoms with E-state index in [9.17, 15) is 4.79 Å². The van der Waals surface area contributed by atoms with Gasteiger partial charge < -0.3 is 5.32 Å². The molecule has 0 aliphatic rings. The van der Waals surface area contributed by atoms with E-state index in [-0.39, 0.29) is 5.91 Å². The molecule has 0 spiro atoms. The number of halogens is 1. The van der Waals surface area contributed by atoms with Crippen molar-refractivity contribution >= 4 is 28.5 Å². The van der Waals surface area contributed by atoms with Gasteiger partial charge in [0.2, 0.25) is 0 Å². The van der Waals surface area contributed by atoms with Crippen molar-refractivity contribution in [3.63, 3.8) is 0 Å². The molecular formula is C20H16ClN5O. The molecule has 0 aliphatic carbocycles. The number of pyridine rings is 2. The number of nitrogens with zero attached hydrogens (tertiary/aromatic N) is 4. The lowest BCUT2D eigenvalue weighted by Gasteiger charge is -2.09. The first-order valence-electron chi connectivity index (χ1n) is 8.37. The minimum atomic E-state index is -0.185. The van der Waals surface area contributed by atoms with Gasteiger partial charge in [0, 0.05) is 36.6 Å². The number of aryl methyl sites for hydroxylation is 1. The van der Waals surface area contributed by atoms with Gasteiger partial charge in [-0.05, 0) is 35.9 Å². The van der Waals surface area contributed by atoms with Crippen LogP contribution in [0.3, 0.4) is 0 Å². The molecule has 0 fully saturated rings. The average Bonchev–Trinajstić information content (AvgIpc) is 3.08. The Bertz CT molecular complexity index is 1110. The first-order chi connectivity index (χ1) is 13.1. The molecule has 0 saturated heterocycles. The Morgan fingerprint density at radius 1 is 1.19 bits per heavy atom. The highest BCUT2D eigenvalue weighted by Gasteiger charge is 2.16. The third kappa shape index (κ3) is 3.52. The molecule has 4 aromatic rings. The Balaban J connectivity index is 1.69. The maximum Gasteiger partial charge on any atom is 0.252 e. The zero-order valence-electron chi connectivity index (χ0n) is 14.6. The fourth-order valence-corrected chi connectivity index (χ4v) is 2.97. The Labute approximate surface area is 160 Å². The SMILES string of the molecule is Cn1ncc2c(C(=O)NCc3ccc(Cl)cc3)cc(-c3cccnc3)nc21. The monoisotopic (exact) mass is 377 g/mol. The van der Waals surface area contributed by atoms with E-state index >= 15 is 0 Å². The summed E-state index contributed by atoms with van der Waals surface area (Å²) in [6, 6.07) is 12.9. The van der Waals surface area contributed by atoms with Gasteiger partial charge in [-0.2, -0.15) is 5.10 Å². The highest BCUT2D eigenvalue weighted by molar-refractivity contribution is 6.30. The maximum absolute atomic E-state index is 12.9. The normalized spacial score (nSPS) is 10.9. The Kier molecular flexibility index (Phi) is 4.56. The van der Waals surface area contributed by atoms with E-state index in [1.807, 2.05) is 24.3 Å². The second kappa shape index (κ2) is 7.17. The first-order valence-corrected chi connectivity index (χ1v) is 8.75. The van der Waals surface area contributed by atoms with E-state index < -0.39 is 0 Å². The van der Waals surface area contributed by atoms with Crippen LogP contribution >= 0.6 is 11.6 Å². The van der Waals surface area contributed by atoms with Crippen molar-refractivity contribution in [1.29, 1.82) is 0 Å². The summed E-state index contributed by atoms with van der Waals surface area (Å²) in [6.07, 6.45) is 5.08. The van der Waals surface area contributed by atoms with Crippen molar-refractivity contribution in [2.24, 2.45) is 7.05 Å². The molecule has 1 N–H and O–H groups in total. The molecule has 0 atom stereocenters. The summed E-state index contributed by atoms with van der Waals surface area (Å²) in [5, 5.41) is 8.57. The van der Waals surface area contributed by atoms with Crippen molar-refractivity contribution in [2.75, 3.05) is 0 Å². The number of aromatic nitrogens is 4. The van der Waals surface area contributed by atoms with Gasteiger partial charge in [0.15, 0.2) is 5.65 Å². The van der Waals surface area contributed by atoms with Crippen molar-refractivity contribution in [1.82, 2.24) is 25.1 Å². The van der Waals surface area contributed by atoms with Crippen LogP contribution in [0, 0.1) is 0 Å². The highest BCUT2D eigenvalue weighted by Crippen LogP contribution is 2.24. The van der Waals surface area contributed by atoms with Gasteiger partial charge in [-0.15, -0.1) is 0 Å². The van der Waals surface area contributed by atoms with Crippen LogP contribution in [0.15, 0.2) is 61.1 Å². The lowest BCUT2D eigenvalue weighted by Crippen LogP contribution is -2.23. The second-order valence-corrected chi connectivity index (χ2v) is 6.55. The number of hydrogen-bond acceptors (Lipinski definition) is 4. The molecule has 6 nitrogen and oxygen atoms in total. The largest absolute Gasteiger partial charge is 0.348 e. The molecule has 0 radical (unpaired) electrons. The quantitative estimate of drug-likeness (QED) is 0.589. The molecule has 27 heavy (non-hydrogen) atoms. The average molecular weight is 378 g/mol. The minimum Gasteiger partial charge on any atom is -0.348 e. The van der Waals surface area contributed by atoms with Crippen LogP contribution in [0.2, 0.25) is 5.02 Å². The van der Waals surface area contributed by atoms with E-state index in [4.69, 9.17) is 11.6 Å². The Morgan fingerprint density at radius 2 is 2.00 bits per heavy atom. The molecule has 0 unspecified atom stereocenters. The van der Waals surface area contributed by atoms with Crippen molar-refractivity contribution in [3.05, 3.63) is 77.2 Å². The van der Waals surface area contributed by atoms with Crippen molar-refractivity contribution in [3.8, 4) is 11.3 Å². The molecule has 3 heterocycles. The number of fused-ring (bicyclic) bond motifs is 1. The molecule has 0 saturated carbocycles. The van der Waals surface area contributed by atoms with Crippen LogP contribution in [-0.2, 0) is 13.6 Å². The van der Waals surface area contributed by atoms with Crippen LogP contribution in [0.25, 0.3) is 22.3 Å². The minimum absolute atomic E-state index is 0.185. The summed E-state index contributed by atoms with van der Waals surface area (Å²) in [5.41, 5.74) is 3.66. The van der Waals surface area contributed by atoms with Crippen LogP contribution in [0.1, 0.15) is 15.9 Å². The van der Waals surface area contributed by atoms with E-state index in [0.717, 1.165) is 11.1 Å². The van der Waals surface area contributed by atoms with Gasteiger partial charge in [0.25, 0.3) is 5.91 Å². The summed E-state index contributed by atoms with van der Waals surface area (Å²) < 4.78 is 1.66. The summed E-state index contributed by atoms with van der Waals surface area (Å²) >= 11 is 5.90. The number of rotatable bonds is 4. The molecule has 1 amide bonds. The molecule has 4 rings (SSSR count). The van der Waals surface area contributed by atoms with E-state index in [1.165, 1.54) is 0 Å². The van der Waals surface area contributed by atoms with Gasteiger partial charge in [0.1, 0.15) is 0 Å². The molecule has 3 aromatic heterocycles. The fourth-order valence-electron chi connectivity index (χ4n) is 2.84. The summed E-state index contributed by atoms with van der Waals surface area (Å²) in [4.78, 5) is 21.7. The van der Waals surface area contributed by atoms with Gasteiger partial charge in [-0.25, -0.2) is 4.98 Å². The molecular weight excluding hydrogens is 362 g/mol. The number of hydrogen-bond donors (Lipinski definition) is 1. The van der Waals surface area contributed by atoms with Gasteiger partial charge in [0.05, 0.1) is 22.8 Å². The third-order valence-electron chi connectivity index (χ3n) is 4.27. The molecule has 0 aliphatic heterocycles. The molecule has 1 aromatic carbocycles. The number of carbonyl (C=O) groups excluding carboxylic acids is 1. The Morgan fingerprint density at radius 3 is 2.74 bits per heavy atom.